The molecule has 0 radical (unpaired) electrons. The zero-order chi connectivity index (χ0) is 20.6. The van der Waals surface area contributed by atoms with E-state index in [-0.39, 0.29) is 0 Å². The Morgan fingerprint density at radius 2 is 1.17 bits per heavy atom. The summed E-state index contributed by atoms with van der Waals surface area (Å²) in [6, 6.07) is 35.7. The maximum atomic E-state index is 5.96. The second-order valence-corrected chi connectivity index (χ2v) is 7.07. The number of hydrogen-bond donors (Lipinski definition) is 0. The molecule has 144 valence electrons. The predicted molar refractivity (Wildman–Crippen MR) is 128 cm³/mol. The summed E-state index contributed by atoms with van der Waals surface area (Å²) in [4.78, 5) is 9.28. The molecule has 4 rings (SSSR count). The quantitative estimate of drug-likeness (QED) is 0.306. The van der Waals surface area contributed by atoms with Gasteiger partial charge in [-0.2, -0.15) is 0 Å². The van der Waals surface area contributed by atoms with Crippen LogP contribution in [0.1, 0.15) is 16.7 Å². The number of hydrogen-bond acceptors (Lipinski definition) is 2. The van der Waals surface area contributed by atoms with E-state index in [2.05, 4.69) is 40.1 Å². The van der Waals surface area contributed by atoms with Crippen molar-refractivity contribution in [1.29, 1.82) is 0 Å². The lowest BCUT2D eigenvalue weighted by Gasteiger charge is -2.05. The Bertz CT molecular complexity index is 1160. The van der Waals surface area contributed by atoms with Crippen LogP contribution in [-0.2, 0) is 0 Å². The monoisotopic (exact) mass is 406 g/mol. The lowest BCUT2D eigenvalue weighted by molar-refractivity contribution is 1.46. The maximum Gasteiger partial charge on any atom is 0.0986 e. The fourth-order valence-electron chi connectivity index (χ4n) is 2.98. The molecule has 0 heterocycles. The third kappa shape index (κ3) is 5.01. The van der Waals surface area contributed by atoms with Gasteiger partial charge in [0.05, 0.1) is 16.9 Å². The van der Waals surface area contributed by atoms with Gasteiger partial charge in [0.25, 0.3) is 0 Å². The van der Waals surface area contributed by atoms with Gasteiger partial charge in [-0.1, -0.05) is 96.5 Å². The normalized spacial score (nSPS) is 10.6. The smallest absolute Gasteiger partial charge is 0.0986 e. The van der Waals surface area contributed by atoms with Crippen LogP contribution >= 0.6 is 11.6 Å². The van der Waals surface area contributed by atoms with Crippen molar-refractivity contribution < 1.29 is 0 Å². The van der Waals surface area contributed by atoms with E-state index in [1.54, 1.807) is 0 Å². The van der Waals surface area contributed by atoms with E-state index in [1.807, 2.05) is 91.1 Å². The lowest BCUT2D eigenvalue weighted by Crippen LogP contribution is -1.88. The fourth-order valence-corrected chi connectivity index (χ4v) is 3.11. The van der Waals surface area contributed by atoms with Gasteiger partial charge >= 0.3 is 0 Å². The molecule has 3 heteroatoms. The molecule has 2 nitrogen and oxygen atoms in total. The van der Waals surface area contributed by atoms with Crippen LogP contribution in [0.3, 0.4) is 0 Å². The summed E-state index contributed by atoms with van der Waals surface area (Å²) in [5.74, 6) is 3.26. The summed E-state index contributed by atoms with van der Waals surface area (Å²) >= 11 is 5.96. The molecular weight excluding hydrogens is 388 g/mol. The van der Waals surface area contributed by atoms with E-state index < -0.39 is 0 Å². The average molecular weight is 407 g/mol. The van der Waals surface area contributed by atoms with E-state index in [1.165, 1.54) is 0 Å². The summed E-state index contributed by atoms with van der Waals surface area (Å²) in [7, 11) is 0. The van der Waals surface area contributed by atoms with E-state index >= 15 is 0 Å². The third-order valence-corrected chi connectivity index (χ3v) is 4.77. The second-order valence-electron chi connectivity index (χ2n) is 6.63. The molecule has 0 aliphatic rings. The van der Waals surface area contributed by atoms with Crippen LogP contribution in [0.15, 0.2) is 119 Å². The molecule has 0 saturated carbocycles. The third-order valence-electron chi connectivity index (χ3n) is 4.52. The highest BCUT2D eigenvalue weighted by atomic mass is 35.5. The van der Waals surface area contributed by atoms with Gasteiger partial charge in [0.1, 0.15) is 0 Å². The number of rotatable bonds is 5. The minimum absolute atomic E-state index is 0.705. The van der Waals surface area contributed by atoms with Gasteiger partial charge in [0, 0.05) is 11.2 Å². The van der Waals surface area contributed by atoms with Gasteiger partial charge in [0.15, 0.2) is 0 Å². The zero-order valence-electron chi connectivity index (χ0n) is 16.2. The van der Waals surface area contributed by atoms with Gasteiger partial charge < -0.3 is 0 Å². The zero-order valence-corrected chi connectivity index (χ0v) is 17.0. The molecule has 0 aliphatic carbocycles. The summed E-state index contributed by atoms with van der Waals surface area (Å²) < 4.78 is 0. The van der Waals surface area contributed by atoms with Gasteiger partial charge in [-0.25, -0.2) is 4.99 Å². The molecule has 0 amide bonds. The van der Waals surface area contributed by atoms with Gasteiger partial charge in [-0.05, 0) is 46.8 Å². The largest absolute Gasteiger partial charge is 0.254 e. The number of halogens is 1. The van der Waals surface area contributed by atoms with Crippen LogP contribution in [0.5, 0.6) is 0 Å². The molecule has 0 aromatic heterocycles. The van der Waals surface area contributed by atoms with Gasteiger partial charge in [0.2, 0.25) is 0 Å². The van der Waals surface area contributed by atoms with Crippen molar-refractivity contribution in [1.82, 2.24) is 0 Å². The maximum absolute atomic E-state index is 5.96. The summed E-state index contributed by atoms with van der Waals surface area (Å²) in [6.45, 7) is 0. The molecule has 0 saturated heterocycles. The molecule has 0 N–H and O–H groups in total. The summed E-state index contributed by atoms with van der Waals surface area (Å²) in [5.41, 5.74) is 5.58. The molecule has 0 fully saturated rings. The standard InChI is InChI=1S/C27H19ClN2/c28-24-17-15-21(16-18-24)19-29-26-13-7-8-14-27(26)30-20-25(22-9-3-1-4-10-22)23-11-5-2-6-12-23/h1-19H. The van der Waals surface area contributed by atoms with Crippen LogP contribution in [0, 0.1) is 0 Å². The molecule has 30 heavy (non-hydrogen) atoms. The van der Waals surface area contributed by atoms with Gasteiger partial charge in [-0.3, -0.25) is 4.99 Å². The first-order valence-corrected chi connectivity index (χ1v) is 10.0. The molecule has 0 spiro atoms. The SMILES string of the molecule is Clc1ccc(C=Nc2ccccc2N=C=C(c2ccccc2)c2ccccc2)cc1. The van der Waals surface area contributed by atoms with Crippen LogP contribution < -0.4 is 0 Å². The van der Waals surface area contributed by atoms with Crippen molar-refractivity contribution >= 4 is 40.6 Å². The minimum Gasteiger partial charge on any atom is -0.254 e. The first-order valence-electron chi connectivity index (χ1n) is 9.63. The Balaban J connectivity index is 1.74. The van der Waals surface area contributed by atoms with Crippen LogP contribution in [0.25, 0.3) is 5.57 Å². The van der Waals surface area contributed by atoms with E-state index in [9.17, 15) is 0 Å². The van der Waals surface area contributed by atoms with Crippen molar-refractivity contribution in [2.75, 3.05) is 0 Å². The van der Waals surface area contributed by atoms with E-state index in [0.29, 0.717) is 5.02 Å². The second kappa shape index (κ2) is 9.67. The molecular formula is C27H19ClN2. The van der Waals surface area contributed by atoms with E-state index in [4.69, 9.17) is 11.6 Å². The molecule has 0 bridgehead atoms. The first kappa shape index (κ1) is 19.6. The number of para-hydroxylation sites is 2. The first-order chi connectivity index (χ1) is 14.8. The Labute approximate surface area is 181 Å². The molecule has 4 aromatic rings. The number of aliphatic imine (C=N–C) groups is 2. The average Bonchev–Trinajstić information content (AvgIpc) is 2.81. The van der Waals surface area contributed by atoms with Crippen LogP contribution in [0.4, 0.5) is 11.4 Å². The topological polar surface area (TPSA) is 24.7 Å². The Kier molecular flexibility index (Phi) is 6.31. The Hall–Kier alpha value is -3.71. The van der Waals surface area contributed by atoms with Crippen LogP contribution in [0.2, 0.25) is 5.02 Å². The molecule has 0 aliphatic heterocycles. The Morgan fingerprint density at radius 1 is 0.633 bits per heavy atom. The molecule has 0 atom stereocenters. The lowest BCUT2D eigenvalue weighted by atomic mass is 9.99. The summed E-state index contributed by atoms with van der Waals surface area (Å²) in [6.07, 6.45) is 1.81. The fraction of sp³-hybridized carbons (Fsp3) is 0. The number of benzene rings is 4. The highest BCUT2D eigenvalue weighted by Crippen LogP contribution is 2.28. The molecule has 4 aromatic carbocycles. The van der Waals surface area contributed by atoms with Crippen molar-refractivity contribution in [3.05, 3.63) is 131 Å². The van der Waals surface area contributed by atoms with Gasteiger partial charge in [-0.15, -0.1) is 0 Å². The highest BCUT2D eigenvalue weighted by molar-refractivity contribution is 6.30. The van der Waals surface area contributed by atoms with Crippen LogP contribution in [-0.4, -0.2) is 12.1 Å². The highest BCUT2D eigenvalue weighted by Gasteiger charge is 2.04. The minimum atomic E-state index is 0.705. The Morgan fingerprint density at radius 3 is 1.77 bits per heavy atom. The van der Waals surface area contributed by atoms with Crippen molar-refractivity contribution in [3.8, 4) is 0 Å². The van der Waals surface area contributed by atoms with Crippen molar-refractivity contribution in [2.45, 2.75) is 0 Å². The predicted octanol–water partition coefficient (Wildman–Crippen LogP) is 7.52. The van der Waals surface area contributed by atoms with Crippen molar-refractivity contribution in [2.24, 2.45) is 9.98 Å². The number of nitrogens with zero attached hydrogens (tertiary/aromatic N) is 2. The molecule has 0 unspecified atom stereocenters. The van der Waals surface area contributed by atoms with Crippen molar-refractivity contribution in [3.63, 3.8) is 0 Å². The van der Waals surface area contributed by atoms with E-state index in [0.717, 1.165) is 33.6 Å². The summed E-state index contributed by atoms with van der Waals surface area (Å²) in [5, 5.41) is 0.705.